The fourth-order valence-corrected chi connectivity index (χ4v) is 2.90. The Morgan fingerprint density at radius 2 is 2.04 bits per heavy atom. The van der Waals surface area contributed by atoms with Crippen molar-refractivity contribution in [2.24, 2.45) is 0 Å². The summed E-state index contributed by atoms with van der Waals surface area (Å²) in [6, 6.07) is 5.77. The number of pyridine rings is 1. The molecule has 6 nitrogen and oxygen atoms in total. The predicted molar refractivity (Wildman–Crippen MR) is 93.2 cm³/mol. The van der Waals surface area contributed by atoms with Gasteiger partial charge in [-0.3, -0.25) is 4.98 Å². The van der Waals surface area contributed by atoms with E-state index in [1.165, 1.54) is 0 Å². The standard InChI is InChI=1S/C18H23N3O3/c1-5-24-10-15-20-13-9-19-12-7-6-8-14(23-4)16(12)17(13)21(15)11-18(2,3)22/h6-9,22H,5,10-11H2,1-4H3. The first kappa shape index (κ1) is 16.7. The number of methoxy groups -OCH3 is 1. The molecule has 0 radical (unpaired) electrons. The molecule has 6 heteroatoms. The minimum absolute atomic E-state index is 0.387. The molecule has 0 aliphatic rings. The molecular formula is C18H23N3O3. The van der Waals surface area contributed by atoms with Crippen LogP contribution in [0.2, 0.25) is 0 Å². The molecule has 1 N–H and O–H groups in total. The average molecular weight is 329 g/mol. The van der Waals surface area contributed by atoms with Crippen molar-refractivity contribution < 1.29 is 14.6 Å². The summed E-state index contributed by atoms with van der Waals surface area (Å²) in [6.07, 6.45) is 1.76. The normalized spacial score (nSPS) is 12.2. The summed E-state index contributed by atoms with van der Waals surface area (Å²) < 4.78 is 13.1. The third-order valence-corrected chi connectivity index (χ3v) is 3.84. The zero-order valence-electron chi connectivity index (χ0n) is 14.5. The van der Waals surface area contributed by atoms with Crippen molar-refractivity contribution >= 4 is 21.9 Å². The Morgan fingerprint density at radius 3 is 2.71 bits per heavy atom. The Labute approximate surface area is 141 Å². The summed E-state index contributed by atoms with van der Waals surface area (Å²) in [5, 5.41) is 11.3. The second-order valence-electron chi connectivity index (χ2n) is 6.41. The van der Waals surface area contributed by atoms with Gasteiger partial charge in [-0.2, -0.15) is 0 Å². The van der Waals surface area contributed by atoms with Crippen LogP contribution in [0, 0.1) is 0 Å². The zero-order valence-corrected chi connectivity index (χ0v) is 14.5. The molecule has 0 bridgehead atoms. The van der Waals surface area contributed by atoms with Crippen LogP contribution in [0.3, 0.4) is 0 Å². The number of rotatable bonds is 6. The summed E-state index contributed by atoms with van der Waals surface area (Å²) in [5.41, 5.74) is 1.63. The molecule has 0 aliphatic carbocycles. The van der Waals surface area contributed by atoms with Crippen LogP contribution in [0.25, 0.3) is 21.9 Å². The highest BCUT2D eigenvalue weighted by atomic mass is 16.5. The molecule has 1 aromatic carbocycles. The summed E-state index contributed by atoms with van der Waals surface area (Å²) in [4.78, 5) is 9.16. The van der Waals surface area contributed by atoms with Gasteiger partial charge in [0.15, 0.2) is 0 Å². The Kier molecular flexibility index (Phi) is 4.43. The Bertz CT molecular complexity index is 865. The van der Waals surface area contributed by atoms with Gasteiger partial charge in [0.25, 0.3) is 0 Å². The molecule has 0 saturated heterocycles. The molecule has 3 rings (SSSR count). The minimum atomic E-state index is -0.883. The maximum absolute atomic E-state index is 10.4. The van der Waals surface area contributed by atoms with Gasteiger partial charge in [0.1, 0.15) is 23.7 Å². The van der Waals surface area contributed by atoms with Gasteiger partial charge in [-0.25, -0.2) is 4.98 Å². The molecule has 3 aromatic rings. The lowest BCUT2D eigenvalue weighted by atomic mass is 10.1. The van der Waals surface area contributed by atoms with Crippen molar-refractivity contribution in [3.05, 3.63) is 30.2 Å². The molecule has 0 unspecified atom stereocenters. The highest BCUT2D eigenvalue weighted by Gasteiger charge is 2.22. The Morgan fingerprint density at radius 1 is 1.25 bits per heavy atom. The topological polar surface area (TPSA) is 69.4 Å². The van der Waals surface area contributed by atoms with Crippen LogP contribution >= 0.6 is 0 Å². The van der Waals surface area contributed by atoms with E-state index in [0.717, 1.165) is 33.5 Å². The molecule has 0 spiro atoms. The number of fused-ring (bicyclic) bond motifs is 3. The predicted octanol–water partition coefficient (Wildman–Crippen LogP) is 2.90. The van der Waals surface area contributed by atoms with Gasteiger partial charge in [0.2, 0.25) is 0 Å². The fraction of sp³-hybridized carbons (Fsp3) is 0.444. The van der Waals surface area contributed by atoms with E-state index in [9.17, 15) is 5.11 Å². The lowest BCUT2D eigenvalue weighted by molar-refractivity contribution is 0.0582. The Hall–Kier alpha value is -2.18. The van der Waals surface area contributed by atoms with E-state index in [1.807, 2.05) is 29.7 Å². The number of benzene rings is 1. The lowest BCUT2D eigenvalue weighted by Gasteiger charge is -2.21. The van der Waals surface area contributed by atoms with Gasteiger partial charge < -0.3 is 19.1 Å². The molecule has 0 fully saturated rings. The van der Waals surface area contributed by atoms with Crippen molar-refractivity contribution in [2.75, 3.05) is 13.7 Å². The van der Waals surface area contributed by atoms with E-state index in [-0.39, 0.29) is 0 Å². The number of aromatic nitrogens is 3. The van der Waals surface area contributed by atoms with Crippen LogP contribution < -0.4 is 4.74 Å². The molecule has 0 amide bonds. The van der Waals surface area contributed by atoms with E-state index in [2.05, 4.69) is 9.97 Å². The number of ether oxygens (including phenoxy) is 2. The van der Waals surface area contributed by atoms with Crippen molar-refractivity contribution in [2.45, 2.75) is 39.5 Å². The second-order valence-corrected chi connectivity index (χ2v) is 6.41. The van der Waals surface area contributed by atoms with E-state index >= 15 is 0 Å². The molecule has 0 aliphatic heterocycles. The number of aliphatic hydroxyl groups is 1. The molecule has 2 aromatic heterocycles. The first-order valence-electron chi connectivity index (χ1n) is 8.05. The van der Waals surface area contributed by atoms with Gasteiger partial charge in [-0.15, -0.1) is 0 Å². The highest BCUT2D eigenvalue weighted by molar-refractivity contribution is 6.06. The molecule has 128 valence electrons. The van der Waals surface area contributed by atoms with Gasteiger partial charge in [0.05, 0.1) is 41.9 Å². The van der Waals surface area contributed by atoms with Gasteiger partial charge in [-0.1, -0.05) is 6.07 Å². The fourth-order valence-electron chi connectivity index (χ4n) is 2.90. The Balaban J connectivity index is 2.33. The van der Waals surface area contributed by atoms with E-state index in [0.29, 0.717) is 19.8 Å². The van der Waals surface area contributed by atoms with Crippen LogP contribution in [0.1, 0.15) is 26.6 Å². The number of imidazole rings is 1. The minimum Gasteiger partial charge on any atom is -0.496 e. The number of hydrogen-bond acceptors (Lipinski definition) is 5. The third-order valence-electron chi connectivity index (χ3n) is 3.84. The molecular weight excluding hydrogens is 306 g/mol. The summed E-state index contributed by atoms with van der Waals surface area (Å²) in [7, 11) is 1.64. The quantitative estimate of drug-likeness (QED) is 0.753. The number of nitrogens with zero attached hydrogens (tertiary/aromatic N) is 3. The largest absolute Gasteiger partial charge is 0.496 e. The lowest BCUT2D eigenvalue weighted by Crippen LogP contribution is -2.27. The molecule has 2 heterocycles. The van der Waals surface area contributed by atoms with Crippen molar-refractivity contribution in [1.82, 2.24) is 14.5 Å². The smallest absolute Gasteiger partial charge is 0.136 e. The van der Waals surface area contributed by atoms with Crippen LogP contribution in [0.4, 0.5) is 0 Å². The monoisotopic (exact) mass is 329 g/mol. The van der Waals surface area contributed by atoms with Crippen molar-refractivity contribution in [1.29, 1.82) is 0 Å². The first-order valence-corrected chi connectivity index (χ1v) is 8.05. The van der Waals surface area contributed by atoms with Crippen LogP contribution in [0.15, 0.2) is 24.4 Å². The average Bonchev–Trinajstić information content (AvgIpc) is 2.88. The SMILES string of the molecule is CCOCc1nc2cnc3cccc(OC)c3c2n1CC(C)(C)O. The highest BCUT2D eigenvalue weighted by Crippen LogP contribution is 2.33. The molecule has 24 heavy (non-hydrogen) atoms. The van der Waals surface area contributed by atoms with E-state index < -0.39 is 5.60 Å². The molecule has 0 atom stereocenters. The van der Waals surface area contributed by atoms with Crippen molar-refractivity contribution in [3.63, 3.8) is 0 Å². The van der Waals surface area contributed by atoms with E-state index in [4.69, 9.17) is 9.47 Å². The third kappa shape index (κ3) is 3.07. The maximum atomic E-state index is 10.4. The zero-order chi connectivity index (χ0) is 17.3. The van der Waals surface area contributed by atoms with E-state index in [1.54, 1.807) is 27.2 Å². The summed E-state index contributed by atoms with van der Waals surface area (Å²) in [6.45, 7) is 6.91. The van der Waals surface area contributed by atoms with Gasteiger partial charge in [-0.05, 0) is 32.9 Å². The molecule has 0 saturated carbocycles. The van der Waals surface area contributed by atoms with Gasteiger partial charge in [0, 0.05) is 6.61 Å². The number of hydrogen-bond donors (Lipinski definition) is 1. The van der Waals surface area contributed by atoms with Crippen LogP contribution in [-0.4, -0.2) is 39.0 Å². The summed E-state index contributed by atoms with van der Waals surface area (Å²) in [5.74, 6) is 1.51. The van der Waals surface area contributed by atoms with Gasteiger partial charge >= 0.3 is 0 Å². The second kappa shape index (κ2) is 6.37. The summed E-state index contributed by atoms with van der Waals surface area (Å²) >= 11 is 0. The van der Waals surface area contributed by atoms with Crippen LogP contribution in [-0.2, 0) is 17.9 Å². The maximum Gasteiger partial charge on any atom is 0.136 e. The van der Waals surface area contributed by atoms with Crippen molar-refractivity contribution in [3.8, 4) is 5.75 Å². The first-order chi connectivity index (χ1) is 11.4. The van der Waals surface area contributed by atoms with Crippen LogP contribution in [0.5, 0.6) is 5.75 Å².